The highest BCUT2D eigenvalue weighted by Crippen LogP contribution is 2.29. The summed E-state index contributed by atoms with van der Waals surface area (Å²) in [7, 11) is 0. The average Bonchev–Trinajstić information content (AvgIpc) is 2.49. The van der Waals surface area contributed by atoms with Crippen LogP contribution in [-0.2, 0) is 0 Å². The van der Waals surface area contributed by atoms with E-state index in [1.54, 1.807) is 0 Å². The van der Waals surface area contributed by atoms with Crippen LogP contribution >= 0.6 is 0 Å². The van der Waals surface area contributed by atoms with Crippen molar-refractivity contribution >= 4 is 11.4 Å². The second kappa shape index (κ2) is 5.58. The van der Waals surface area contributed by atoms with Crippen molar-refractivity contribution in [3.8, 4) is 0 Å². The minimum absolute atomic E-state index is 0.576. The van der Waals surface area contributed by atoms with Crippen LogP contribution in [0.3, 0.4) is 0 Å². The lowest BCUT2D eigenvalue weighted by Crippen LogP contribution is -2.54. The fourth-order valence-corrected chi connectivity index (χ4v) is 3.10. The maximum atomic E-state index is 2.49. The second-order valence-electron chi connectivity index (χ2n) is 5.69. The highest BCUT2D eigenvalue weighted by Gasteiger charge is 2.28. The first-order chi connectivity index (χ1) is 9.75. The second-order valence-corrected chi connectivity index (χ2v) is 5.69. The molecule has 1 heterocycles. The molecule has 0 aromatic heterocycles. The van der Waals surface area contributed by atoms with Gasteiger partial charge in [-0.3, -0.25) is 0 Å². The molecule has 1 aliphatic rings. The molecule has 3 rings (SSSR count). The molecule has 2 atom stereocenters. The van der Waals surface area contributed by atoms with Gasteiger partial charge in [-0.05, 0) is 44.5 Å². The van der Waals surface area contributed by atoms with Gasteiger partial charge in [-0.1, -0.05) is 36.4 Å². The molecule has 0 bridgehead atoms. The zero-order chi connectivity index (χ0) is 13.9. The first-order valence-corrected chi connectivity index (χ1v) is 7.39. The molecule has 1 saturated heterocycles. The maximum Gasteiger partial charge on any atom is 0.0908 e. The molecule has 20 heavy (non-hydrogen) atoms. The summed E-state index contributed by atoms with van der Waals surface area (Å²) in [5, 5.41) is 0. The van der Waals surface area contributed by atoms with E-state index in [0.717, 1.165) is 6.67 Å². The smallest absolute Gasteiger partial charge is 0.0908 e. The molecule has 0 saturated carbocycles. The standard InChI is InChI=1S/C18H22N2/c1-15-13-16(2)20(18-11-7-4-8-12-18)14-19(15)17-9-5-3-6-10-17/h3-12,15-16H,13-14H2,1-2H3. The molecule has 2 aromatic rings. The predicted octanol–water partition coefficient (Wildman–Crippen LogP) is 4.14. The Balaban J connectivity index is 1.87. The van der Waals surface area contributed by atoms with E-state index >= 15 is 0 Å². The number of benzene rings is 2. The van der Waals surface area contributed by atoms with Crippen molar-refractivity contribution in [2.75, 3.05) is 16.5 Å². The lowest BCUT2D eigenvalue weighted by atomic mass is 10.0. The molecule has 0 spiro atoms. The summed E-state index contributed by atoms with van der Waals surface area (Å²) < 4.78 is 0. The lowest BCUT2D eigenvalue weighted by molar-refractivity contribution is 0.441. The summed E-state index contributed by atoms with van der Waals surface area (Å²) in [5.74, 6) is 0. The SMILES string of the molecule is CC1CC(C)N(c2ccccc2)CN1c1ccccc1. The maximum absolute atomic E-state index is 2.49. The third-order valence-electron chi connectivity index (χ3n) is 4.23. The molecule has 0 aliphatic carbocycles. The van der Waals surface area contributed by atoms with Crippen molar-refractivity contribution in [2.45, 2.75) is 32.4 Å². The zero-order valence-corrected chi connectivity index (χ0v) is 12.2. The van der Waals surface area contributed by atoms with Crippen molar-refractivity contribution in [3.05, 3.63) is 60.7 Å². The molecular weight excluding hydrogens is 244 g/mol. The van der Waals surface area contributed by atoms with E-state index in [0.29, 0.717) is 12.1 Å². The van der Waals surface area contributed by atoms with Crippen LogP contribution in [0.4, 0.5) is 11.4 Å². The largest absolute Gasteiger partial charge is 0.351 e. The number of hydrogen-bond donors (Lipinski definition) is 0. The van der Waals surface area contributed by atoms with Gasteiger partial charge in [0.25, 0.3) is 0 Å². The third kappa shape index (κ3) is 2.51. The summed E-state index contributed by atoms with van der Waals surface area (Å²) in [6.07, 6.45) is 1.18. The van der Waals surface area contributed by atoms with E-state index in [9.17, 15) is 0 Å². The van der Waals surface area contributed by atoms with Gasteiger partial charge in [-0.15, -0.1) is 0 Å². The summed E-state index contributed by atoms with van der Waals surface area (Å²) in [6.45, 7) is 5.61. The van der Waals surface area contributed by atoms with Gasteiger partial charge in [0.05, 0.1) is 6.67 Å². The molecule has 0 radical (unpaired) electrons. The third-order valence-corrected chi connectivity index (χ3v) is 4.23. The van der Waals surface area contributed by atoms with E-state index in [4.69, 9.17) is 0 Å². The highest BCUT2D eigenvalue weighted by atomic mass is 15.4. The van der Waals surface area contributed by atoms with Crippen molar-refractivity contribution < 1.29 is 0 Å². The normalized spacial score (nSPS) is 22.9. The highest BCUT2D eigenvalue weighted by molar-refractivity contribution is 5.54. The first kappa shape index (κ1) is 13.0. The molecule has 2 nitrogen and oxygen atoms in total. The van der Waals surface area contributed by atoms with Gasteiger partial charge in [0.15, 0.2) is 0 Å². The van der Waals surface area contributed by atoms with E-state index in [1.807, 2.05) is 0 Å². The van der Waals surface area contributed by atoms with Gasteiger partial charge in [0, 0.05) is 23.5 Å². The van der Waals surface area contributed by atoms with E-state index in [-0.39, 0.29) is 0 Å². The quantitative estimate of drug-likeness (QED) is 0.806. The van der Waals surface area contributed by atoms with E-state index in [2.05, 4.69) is 84.3 Å². The van der Waals surface area contributed by atoms with Crippen LogP contribution in [-0.4, -0.2) is 18.8 Å². The topological polar surface area (TPSA) is 6.48 Å². The van der Waals surface area contributed by atoms with E-state index < -0.39 is 0 Å². The predicted molar refractivity (Wildman–Crippen MR) is 86.3 cm³/mol. The van der Waals surface area contributed by atoms with Crippen LogP contribution in [0.1, 0.15) is 20.3 Å². The molecule has 1 aliphatic heterocycles. The molecule has 2 heteroatoms. The Kier molecular flexibility index (Phi) is 3.64. The number of hydrogen-bond acceptors (Lipinski definition) is 2. The van der Waals surface area contributed by atoms with Gasteiger partial charge in [-0.25, -0.2) is 0 Å². The monoisotopic (exact) mass is 266 g/mol. The average molecular weight is 266 g/mol. The Morgan fingerprint density at radius 3 is 1.50 bits per heavy atom. The summed E-state index contributed by atoms with van der Waals surface area (Å²) in [5.41, 5.74) is 2.63. The van der Waals surface area contributed by atoms with Crippen LogP contribution in [0.2, 0.25) is 0 Å². The molecule has 0 amide bonds. The van der Waals surface area contributed by atoms with Gasteiger partial charge < -0.3 is 9.80 Å². The van der Waals surface area contributed by atoms with Gasteiger partial charge in [0.2, 0.25) is 0 Å². The Hall–Kier alpha value is -1.96. The molecule has 2 unspecified atom stereocenters. The fraction of sp³-hybridized carbons (Fsp3) is 0.333. The molecule has 2 aromatic carbocycles. The number of rotatable bonds is 2. The van der Waals surface area contributed by atoms with Gasteiger partial charge in [-0.2, -0.15) is 0 Å². The van der Waals surface area contributed by atoms with Crippen molar-refractivity contribution in [3.63, 3.8) is 0 Å². The van der Waals surface area contributed by atoms with Crippen molar-refractivity contribution in [1.29, 1.82) is 0 Å². The first-order valence-electron chi connectivity index (χ1n) is 7.39. The van der Waals surface area contributed by atoms with Crippen LogP contribution in [0.5, 0.6) is 0 Å². The van der Waals surface area contributed by atoms with Gasteiger partial charge in [0.1, 0.15) is 0 Å². The van der Waals surface area contributed by atoms with Crippen molar-refractivity contribution in [1.82, 2.24) is 0 Å². The number of nitrogens with zero attached hydrogens (tertiary/aromatic N) is 2. The molecule has 0 N–H and O–H groups in total. The molecule has 1 fully saturated rings. The van der Waals surface area contributed by atoms with E-state index in [1.165, 1.54) is 17.8 Å². The van der Waals surface area contributed by atoms with Crippen LogP contribution in [0, 0.1) is 0 Å². The van der Waals surface area contributed by atoms with Crippen LogP contribution < -0.4 is 9.80 Å². The Bertz CT molecular complexity index is 488. The van der Waals surface area contributed by atoms with Crippen LogP contribution in [0.25, 0.3) is 0 Å². The Morgan fingerprint density at radius 1 is 0.700 bits per heavy atom. The number of anilines is 2. The fourth-order valence-electron chi connectivity index (χ4n) is 3.10. The Morgan fingerprint density at radius 2 is 1.10 bits per heavy atom. The summed E-state index contributed by atoms with van der Waals surface area (Å²) in [4.78, 5) is 4.99. The minimum Gasteiger partial charge on any atom is -0.351 e. The molecular formula is C18H22N2. The summed E-state index contributed by atoms with van der Waals surface area (Å²) >= 11 is 0. The van der Waals surface area contributed by atoms with Crippen LogP contribution in [0.15, 0.2) is 60.7 Å². The Labute approximate surface area is 121 Å². The zero-order valence-electron chi connectivity index (χ0n) is 12.2. The lowest BCUT2D eigenvalue weighted by Gasteiger charge is -2.46. The van der Waals surface area contributed by atoms with Crippen molar-refractivity contribution in [2.24, 2.45) is 0 Å². The summed E-state index contributed by atoms with van der Waals surface area (Å²) in [6, 6.07) is 22.6. The molecule has 104 valence electrons. The number of para-hydroxylation sites is 2. The minimum atomic E-state index is 0.576. The van der Waals surface area contributed by atoms with Gasteiger partial charge >= 0.3 is 0 Å².